The molecule has 0 aliphatic carbocycles. The van der Waals surface area contributed by atoms with Crippen LogP contribution in [0.5, 0.6) is 0 Å². The van der Waals surface area contributed by atoms with Crippen molar-refractivity contribution in [2.45, 2.75) is 27.7 Å². The highest BCUT2D eigenvalue weighted by molar-refractivity contribution is 5.73. The Balaban J connectivity index is 0.000000379. The van der Waals surface area contributed by atoms with Gasteiger partial charge < -0.3 is 10.2 Å². The van der Waals surface area contributed by atoms with Crippen molar-refractivity contribution in [2.24, 2.45) is 0 Å². The van der Waals surface area contributed by atoms with Crippen LogP contribution in [0.4, 0.5) is 6.01 Å². The molecule has 0 unspecified atom stereocenters. The van der Waals surface area contributed by atoms with Gasteiger partial charge in [0, 0.05) is 0 Å². The lowest BCUT2D eigenvalue weighted by molar-refractivity contribution is 0.626. The van der Waals surface area contributed by atoms with E-state index in [0.29, 0.717) is 0 Å². The van der Waals surface area contributed by atoms with Crippen LogP contribution in [-0.4, -0.2) is 4.98 Å². The predicted molar refractivity (Wildman–Crippen MR) is 61.1 cm³/mol. The van der Waals surface area contributed by atoms with Gasteiger partial charge in [0.05, 0.1) is 0 Å². The van der Waals surface area contributed by atoms with Crippen LogP contribution in [0.1, 0.15) is 27.7 Å². The van der Waals surface area contributed by atoms with Gasteiger partial charge in [0.2, 0.25) is 0 Å². The van der Waals surface area contributed by atoms with Crippen LogP contribution in [0.25, 0.3) is 11.1 Å². The summed E-state index contributed by atoms with van der Waals surface area (Å²) in [4.78, 5) is 3.92. The summed E-state index contributed by atoms with van der Waals surface area (Å²) in [5.74, 6) is 0. The summed E-state index contributed by atoms with van der Waals surface area (Å²) in [6.07, 6.45) is 0. The van der Waals surface area contributed by atoms with E-state index in [0.717, 1.165) is 11.1 Å². The number of rotatable bonds is 0. The van der Waals surface area contributed by atoms with Crippen molar-refractivity contribution in [1.82, 2.24) is 4.98 Å². The van der Waals surface area contributed by atoms with Crippen molar-refractivity contribution in [2.75, 3.05) is 5.73 Å². The van der Waals surface area contributed by atoms with Gasteiger partial charge in [0.25, 0.3) is 6.01 Å². The first-order valence-electron chi connectivity index (χ1n) is 4.97. The molecular weight excluding hydrogens is 176 g/mol. The number of fused-ring (bicyclic) bond motifs is 1. The normalized spacial score (nSPS) is 8.29. The van der Waals surface area contributed by atoms with Crippen LogP contribution in [0.15, 0.2) is 28.7 Å². The second-order valence-corrected chi connectivity index (χ2v) is 2.02. The molecule has 0 aliphatic heterocycles. The third-order valence-corrected chi connectivity index (χ3v) is 1.31. The van der Waals surface area contributed by atoms with Crippen molar-refractivity contribution < 1.29 is 4.42 Å². The van der Waals surface area contributed by atoms with E-state index in [1.54, 1.807) is 0 Å². The Morgan fingerprint density at radius 3 is 2.21 bits per heavy atom. The lowest BCUT2D eigenvalue weighted by Crippen LogP contribution is -1.80. The minimum atomic E-state index is 0.223. The van der Waals surface area contributed by atoms with Crippen LogP contribution in [-0.2, 0) is 0 Å². The summed E-state index contributed by atoms with van der Waals surface area (Å²) in [5.41, 5.74) is 6.85. The molecule has 3 heteroatoms. The fraction of sp³-hybridized carbons (Fsp3) is 0.364. The lowest BCUT2D eigenvalue weighted by atomic mass is 10.3. The highest BCUT2D eigenvalue weighted by Crippen LogP contribution is 2.14. The van der Waals surface area contributed by atoms with Gasteiger partial charge in [0.1, 0.15) is 5.52 Å². The van der Waals surface area contributed by atoms with E-state index in [-0.39, 0.29) is 6.01 Å². The number of hydrogen-bond donors (Lipinski definition) is 1. The van der Waals surface area contributed by atoms with Crippen LogP contribution < -0.4 is 5.73 Å². The van der Waals surface area contributed by atoms with E-state index in [1.807, 2.05) is 52.0 Å². The standard InChI is InChI=1S/C7H6N2O.2C2H6/c8-7-9-5-3-1-2-4-6(5)10-7;2*1-2/h1-4H,(H2,8,9);2*1-2H3. The fourth-order valence-corrected chi connectivity index (χ4v) is 0.890. The van der Waals surface area contributed by atoms with Crippen LogP contribution in [0.2, 0.25) is 0 Å². The number of hydrogen-bond acceptors (Lipinski definition) is 3. The predicted octanol–water partition coefficient (Wildman–Crippen LogP) is 3.46. The SMILES string of the molecule is CC.CC.Nc1nc2ccccc2o1. The Morgan fingerprint density at radius 1 is 1.07 bits per heavy atom. The van der Waals surface area contributed by atoms with Crippen LogP contribution in [0, 0.1) is 0 Å². The molecule has 1 aromatic heterocycles. The highest BCUT2D eigenvalue weighted by atomic mass is 16.4. The lowest BCUT2D eigenvalue weighted by Gasteiger charge is -1.79. The molecule has 0 radical (unpaired) electrons. The van der Waals surface area contributed by atoms with Gasteiger partial charge in [-0.05, 0) is 12.1 Å². The summed E-state index contributed by atoms with van der Waals surface area (Å²) in [6, 6.07) is 7.69. The van der Waals surface area contributed by atoms with Crippen molar-refractivity contribution in [3.63, 3.8) is 0 Å². The summed E-state index contributed by atoms with van der Waals surface area (Å²) >= 11 is 0. The van der Waals surface area contributed by atoms with Crippen LogP contribution >= 0.6 is 0 Å². The van der Waals surface area contributed by atoms with E-state index >= 15 is 0 Å². The molecule has 0 saturated heterocycles. The average Bonchev–Trinajstić information content (AvgIpc) is 2.64. The molecule has 1 heterocycles. The zero-order valence-electron chi connectivity index (χ0n) is 9.24. The van der Waals surface area contributed by atoms with E-state index in [2.05, 4.69) is 4.98 Å². The number of benzene rings is 1. The molecule has 2 N–H and O–H groups in total. The number of oxazole rings is 1. The molecule has 14 heavy (non-hydrogen) atoms. The van der Waals surface area contributed by atoms with Gasteiger partial charge in [-0.1, -0.05) is 39.8 Å². The molecule has 1 aromatic carbocycles. The van der Waals surface area contributed by atoms with Crippen molar-refractivity contribution in [3.05, 3.63) is 24.3 Å². The van der Waals surface area contributed by atoms with Gasteiger partial charge >= 0.3 is 0 Å². The van der Waals surface area contributed by atoms with E-state index in [9.17, 15) is 0 Å². The van der Waals surface area contributed by atoms with Crippen LogP contribution in [0.3, 0.4) is 0 Å². The minimum Gasteiger partial charge on any atom is -0.424 e. The maximum absolute atomic E-state index is 5.31. The van der Waals surface area contributed by atoms with Crippen molar-refractivity contribution in [3.8, 4) is 0 Å². The van der Waals surface area contributed by atoms with E-state index in [4.69, 9.17) is 10.2 Å². The number of aromatic nitrogens is 1. The smallest absolute Gasteiger partial charge is 0.292 e. The zero-order valence-corrected chi connectivity index (χ0v) is 9.24. The topological polar surface area (TPSA) is 52.0 Å². The molecule has 0 atom stereocenters. The molecule has 0 saturated carbocycles. The highest BCUT2D eigenvalue weighted by Gasteiger charge is 1.97. The first kappa shape index (κ1) is 12.5. The van der Waals surface area contributed by atoms with Gasteiger partial charge in [-0.3, -0.25) is 0 Å². The molecule has 0 fully saturated rings. The molecule has 2 aromatic rings. The summed E-state index contributed by atoms with van der Waals surface area (Å²) in [7, 11) is 0. The number of nitrogens with zero attached hydrogens (tertiary/aromatic N) is 1. The molecule has 0 amide bonds. The Kier molecular flexibility index (Phi) is 6.20. The summed E-state index contributed by atoms with van der Waals surface area (Å²) in [6.45, 7) is 8.00. The minimum absolute atomic E-state index is 0.223. The molecule has 2 rings (SSSR count). The van der Waals surface area contributed by atoms with E-state index in [1.165, 1.54) is 0 Å². The van der Waals surface area contributed by atoms with Gasteiger partial charge in [-0.15, -0.1) is 0 Å². The Hall–Kier alpha value is -1.51. The molecule has 0 spiro atoms. The Bertz CT molecular complexity index is 322. The monoisotopic (exact) mass is 194 g/mol. The zero-order chi connectivity index (χ0) is 11.0. The molecule has 78 valence electrons. The summed E-state index contributed by atoms with van der Waals surface area (Å²) < 4.78 is 5.03. The number of nitrogen functional groups attached to an aromatic ring is 1. The molecule has 3 nitrogen and oxygen atoms in total. The van der Waals surface area contributed by atoms with E-state index < -0.39 is 0 Å². The van der Waals surface area contributed by atoms with Crippen molar-refractivity contribution >= 4 is 17.1 Å². The second kappa shape index (κ2) is 6.95. The fourth-order valence-electron chi connectivity index (χ4n) is 0.890. The number of para-hydroxylation sites is 2. The van der Waals surface area contributed by atoms with Gasteiger partial charge in [-0.25, -0.2) is 0 Å². The van der Waals surface area contributed by atoms with Gasteiger partial charge in [0.15, 0.2) is 5.58 Å². The third-order valence-electron chi connectivity index (χ3n) is 1.31. The second-order valence-electron chi connectivity index (χ2n) is 2.02. The molecular formula is C11H18N2O. The third kappa shape index (κ3) is 3.09. The Labute approximate surface area is 84.9 Å². The molecule has 0 aliphatic rings. The summed E-state index contributed by atoms with van der Waals surface area (Å²) in [5, 5.41) is 0. The largest absolute Gasteiger partial charge is 0.424 e. The molecule has 0 bridgehead atoms. The maximum atomic E-state index is 5.31. The Morgan fingerprint density at radius 2 is 1.64 bits per heavy atom. The first-order chi connectivity index (χ1) is 6.86. The maximum Gasteiger partial charge on any atom is 0.292 e. The average molecular weight is 194 g/mol. The quantitative estimate of drug-likeness (QED) is 0.698. The first-order valence-corrected chi connectivity index (χ1v) is 4.97. The van der Waals surface area contributed by atoms with Crippen molar-refractivity contribution in [1.29, 1.82) is 0 Å². The van der Waals surface area contributed by atoms with Gasteiger partial charge in [-0.2, -0.15) is 4.98 Å². The number of anilines is 1. The number of nitrogens with two attached hydrogens (primary N) is 1.